The van der Waals surface area contributed by atoms with Crippen LogP contribution in [0.5, 0.6) is 0 Å². The smallest absolute Gasteiger partial charge is 0.413 e. The summed E-state index contributed by atoms with van der Waals surface area (Å²) in [7, 11) is 0. The molecule has 2 aliphatic heterocycles. The van der Waals surface area contributed by atoms with Gasteiger partial charge >= 0.3 is 6.09 Å². The van der Waals surface area contributed by atoms with Crippen molar-refractivity contribution in [2.75, 3.05) is 43.2 Å². The molecule has 2 fully saturated rings. The zero-order valence-corrected chi connectivity index (χ0v) is 17.1. The molecule has 9 nitrogen and oxygen atoms in total. The third-order valence-corrected chi connectivity index (χ3v) is 5.83. The largest absolute Gasteiger partial charge is 0.465 e. The lowest BCUT2D eigenvalue weighted by atomic mass is 10.00. The van der Waals surface area contributed by atoms with Gasteiger partial charge in [0.15, 0.2) is 5.65 Å². The van der Waals surface area contributed by atoms with Crippen molar-refractivity contribution in [3.63, 3.8) is 0 Å². The summed E-state index contributed by atoms with van der Waals surface area (Å²) in [6.45, 7) is 3.19. The molecule has 10 heteroatoms. The van der Waals surface area contributed by atoms with Crippen LogP contribution in [0, 0.1) is 5.92 Å². The van der Waals surface area contributed by atoms with Gasteiger partial charge in [0.25, 0.3) is 0 Å². The average Bonchev–Trinajstić information content (AvgIpc) is 3.08. The molecule has 1 amide bonds. The van der Waals surface area contributed by atoms with Crippen molar-refractivity contribution in [3.8, 4) is 0 Å². The van der Waals surface area contributed by atoms with Crippen LogP contribution in [-0.2, 0) is 9.47 Å². The van der Waals surface area contributed by atoms with Gasteiger partial charge in [-0.05, 0) is 47.5 Å². The van der Waals surface area contributed by atoms with Crippen LogP contribution in [0.4, 0.5) is 16.4 Å². The van der Waals surface area contributed by atoms with Gasteiger partial charge in [-0.1, -0.05) is 0 Å². The lowest BCUT2D eigenvalue weighted by Gasteiger charge is -2.29. The molecule has 4 rings (SSSR count). The maximum Gasteiger partial charge on any atom is 0.413 e. The summed E-state index contributed by atoms with van der Waals surface area (Å²) in [6.07, 6.45) is 4.14. The number of carbonyl (C=O) groups is 1. The molecule has 2 saturated heterocycles. The van der Waals surface area contributed by atoms with Crippen molar-refractivity contribution in [3.05, 3.63) is 16.7 Å². The van der Waals surface area contributed by atoms with Crippen molar-refractivity contribution in [2.24, 2.45) is 5.92 Å². The predicted octanol–water partition coefficient (Wildman–Crippen LogP) is 2.99. The van der Waals surface area contributed by atoms with Crippen molar-refractivity contribution in [1.29, 1.82) is 0 Å². The molecule has 2 aromatic rings. The van der Waals surface area contributed by atoms with Gasteiger partial charge in [-0.25, -0.2) is 9.78 Å². The SMILES string of the molecule is O=C(O)N(CC1CCOCC1)c1cc(NC2CCOCC2)nc2c(Br)cnn12. The highest BCUT2D eigenvalue weighted by molar-refractivity contribution is 9.10. The van der Waals surface area contributed by atoms with E-state index in [4.69, 9.17) is 9.47 Å². The summed E-state index contributed by atoms with van der Waals surface area (Å²) in [4.78, 5) is 18.1. The Balaban J connectivity index is 1.67. The zero-order valence-electron chi connectivity index (χ0n) is 15.5. The normalized spacial score (nSPS) is 19.0. The maximum atomic E-state index is 12.1. The predicted molar refractivity (Wildman–Crippen MR) is 107 cm³/mol. The van der Waals surface area contributed by atoms with E-state index < -0.39 is 6.09 Å². The van der Waals surface area contributed by atoms with E-state index in [0.717, 1.165) is 30.2 Å². The number of nitrogens with one attached hydrogen (secondary N) is 1. The van der Waals surface area contributed by atoms with Gasteiger partial charge in [0, 0.05) is 45.1 Å². The van der Waals surface area contributed by atoms with E-state index in [1.807, 2.05) is 0 Å². The summed E-state index contributed by atoms with van der Waals surface area (Å²) >= 11 is 3.47. The number of carboxylic acid groups (broad SMARTS) is 1. The minimum atomic E-state index is -0.998. The van der Waals surface area contributed by atoms with Crippen LogP contribution < -0.4 is 10.2 Å². The molecule has 2 aliphatic rings. The van der Waals surface area contributed by atoms with Crippen LogP contribution in [0.2, 0.25) is 0 Å². The van der Waals surface area contributed by atoms with Gasteiger partial charge in [0.1, 0.15) is 11.6 Å². The molecule has 0 bridgehead atoms. The number of anilines is 2. The van der Waals surface area contributed by atoms with E-state index in [-0.39, 0.29) is 12.0 Å². The minimum Gasteiger partial charge on any atom is -0.465 e. The van der Waals surface area contributed by atoms with Gasteiger partial charge in [-0.2, -0.15) is 9.61 Å². The number of ether oxygens (including phenoxy) is 2. The molecule has 0 saturated carbocycles. The summed E-state index contributed by atoms with van der Waals surface area (Å²) in [5.41, 5.74) is 0.588. The fraction of sp³-hybridized carbons (Fsp3) is 0.611. The highest BCUT2D eigenvalue weighted by atomic mass is 79.9. The Morgan fingerprint density at radius 1 is 1.25 bits per heavy atom. The quantitative estimate of drug-likeness (QED) is 0.717. The highest BCUT2D eigenvalue weighted by Crippen LogP contribution is 2.28. The minimum absolute atomic E-state index is 0.256. The summed E-state index contributed by atoms with van der Waals surface area (Å²) in [5, 5.41) is 17.7. The summed E-state index contributed by atoms with van der Waals surface area (Å²) in [6, 6.07) is 2.03. The van der Waals surface area contributed by atoms with Gasteiger partial charge < -0.3 is 19.9 Å². The van der Waals surface area contributed by atoms with E-state index in [2.05, 4.69) is 31.3 Å². The fourth-order valence-corrected chi connectivity index (χ4v) is 4.04. The van der Waals surface area contributed by atoms with Gasteiger partial charge in [0.05, 0.1) is 10.7 Å². The first-order valence-electron chi connectivity index (χ1n) is 9.58. The number of hydrogen-bond donors (Lipinski definition) is 2. The Labute approximate surface area is 171 Å². The first kappa shape index (κ1) is 19.4. The highest BCUT2D eigenvalue weighted by Gasteiger charge is 2.26. The van der Waals surface area contributed by atoms with E-state index in [1.54, 1.807) is 16.8 Å². The van der Waals surface area contributed by atoms with Crippen molar-refractivity contribution >= 4 is 39.3 Å². The Hall–Kier alpha value is -1.91. The number of halogens is 1. The molecule has 152 valence electrons. The molecule has 0 unspecified atom stereocenters. The Morgan fingerprint density at radius 3 is 2.61 bits per heavy atom. The number of aromatic nitrogens is 3. The lowest BCUT2D eigenvalue weighted by Crippen LogP contribution is -2.37. The average molecular weight is 454 g/mol. The molecule has 0 radical (unpaired) electrons. The van der Waals surface area contributed by atoms with Crippen molar-refractivity contribution in [1.82, 2.24) is 14.6 Å². The number of amides is 1. The van der Waals surface area contributed by atoms with Gasteiger partial charge in [0.2, 0.25) is 0 Å². The lowest BCUT2D eigenvalue weighted by molar-refractivity contribution is 0.0680. The van der Waals surface area contributed by atoms with Crippen LogP contribution >= 0.6 is 15.9 Å². The Morgan fingerprint density at radius 2 is 1.93 bits per heavy atom. The molecular formula is C18H24BrN5O4. The van der Waals surface area contributed by atoms with E-state index in [1.165, 1.54) is 4.90 Å². The second-order valence-corrected chi connectivity index (χ2v) is 8.06. The standard InChI is InChI=1S/C18H24BrN5O4/c19-14-10-20-24-16(23(18(25)26)11-12-1-5-27-6-2-12)9-15(22-17(14)24)21-13-3-7-28-8-4-13/h9-10,12-13H,1-8,11H2,(H,21,22)(H,25,26). The topological polar surface area (TPSA) is 101 Å². The van der Waals surface area contributed by atoms with Crippen molar-refractivity contribution in [2.45, 2.75) is 31.7 Å². The van der Waals surface area contributed by atoms with Gasteiger partial charge in [-0.15, -0.1) is 0 Å². The summed E-state index contributed by atoms with van der Waals surface area (Å²) < 4.78 is 13.1. The number of hydrogen-bond acceptors (Lipinski definition) is 6. The number of rotatable bonds is 5. The molecule has 28 heavy (non-hydrogen) atoms. The number of nitrogens with zero attached hydrogens (tertiary/aromatic N) is 4. The molecule has 4 heterocycles. The zero-order chi connectivity index (χ0) is 19.5. The second kappa shape index (κ2) is 8.62. The molecular weight excluding hydrogens is 430 g/mol. The van der Waals surface area contributed by atoms with Crippen LogP contribution in [0.1, 0.15) is 25.7 Å². The van der Waals surface area contributed by atoms with Crippen LogP contribution in [0.25, 0.3) is 5.65 Å². The third-order valence-electron chi connectivity index (χ3n) is 5.27. The second-order valence-electron chi connectivity index (χ2n) is 7.21. The summed E-state index contributed by atoms with van der Waals surface area (Å²) in [5.74, 6) is 1.40. The van der Waals surface area contributed by atoms with Crippen LogP contribution in [-0.4, -0.2) is 64.8 Å². The Kier molecular flexibility index (Phi) is 5.98. The molecule has 0 atom stereocenters. The maximum absolute atomic E-state index is 12.1. The van der Waals surface area contributed by atoms with Gasteiger partial charge in [-0.3, -0.25) is 4.90 Å². The molecule has 0 aromatic carbocycles. The molecule has 2 aromatic heterocycles. The van der Waals surface area contributed by atoms with E-state index in [9.17, 15) is 9.90 Å². The van der Waals surface area contributed by atoms with E-state index >= 15 is 0 Å². The van der Waals surface area contributed by atoms with Crippen molar-refractivity contribution < 1.29 is 19.4 Å². The fourth-order valence-electron chi connectivity index (χ4n) is 3.69. The van der Waals surface area contributed by atoms with E-state index in [0.29, 0.717) is 50.3 Å². The number of fused-ring (bicyclic) bond motifs is 1. The van der Waals surface area contributed by atoms with Crippen LogP contribution in [0.15, 0.2) is 16.7 Å². The van der Waals surface area contributed by atoms with Crippen LogP contribution in [0.3, 0.4) is 0 Å². The molecule has 2 N–H and O–H groups in total. The molecule has 0 spiro atoms. The first-order chi connectivity index (χ1) is 13.6. The monoisotopic (exact) mass is 453 g/mol. The molecule has 0 aliphatic carbocycles. The first-order valence-corrected chi connectivity index (χ1v) is 10.4. The third kappa shape index (κ3) is 4.23. The Bertz CT molecular complexity index is 833.